The molecule has 0 saturated heterocycles. The van der Waals surface area contributed by atoms with E-state index in [1.165, 1.54) is 18.4 Å². The van der Waals surface area contributed by atoms with Crippen LogP contribution in [-0.2, 0) is 0 Å². The van der Waals surface area contributed by atoms with Gasteiger partial charge in [-0.1, -0.05) is 24.3 Å². The van der Waals surface area contributed by atoms with Gasteiger partial charge in [-0.2, -0.15) is 0 Å². The molecule has 0 amide bonds. The number of anilines is 2. The van der Waals surface area contributed by atoms with Gasteiger partial charge in [0.15, 0.2) is 0 Å². The first-order valence-electron chi connectivity index (χ1n) is 5.54. The number of nitrogen functional groups attached to an aromatic ring is 1. The van der Waals surface area contributed by atoms with Crippen molar-refractivity contribution in [2.75, 3.05) is 11.1 Å². The summed E-state index contributed by atoms with van der Waals surface area (Å²) < 4.78 is 0. The molecule has 0 spiro atoms. The van der Waals surface area contributed by atoms with Crippen molar-refractivity contribution < 1.29 is 0 Å². The van der Waals surface area contributed by atoms with E-state index in [1.807, 2.05) is 12.1 Å². The molecule has 0 aliphatic heterocycles. The van der Waals surface area contributed by atoms with Gasteiger partial charge in [-0.25, -0.2) is 0 Å². The lowest BCUT2D eigenvalue weighted by molar-refractivity contribution is 0.644. The van der Waals surface area contributed by atoms with Gasteiger partial charge in [0.05, 0.1) is 11.4 Å². The average molecular weight is 202 g/mol. The normalized spacial score (nSPS) is 20.2. The summed E-state index contributed by atoms with van der Waals surface area (Å²) >= 11 is 0. The molecule has 80 valence electrons. The Hall–Kier alpha value is -1.44. The van der Waals surface area contributed by atoms with Crippen LogP contribution in [0.3, 0.4) is 0 Å². The third-order valence-corrected chi connectivity index (χ3v) is 2.92. The summed E-state index contributed by atoms with van der Waals surface area (Å²) in [6, 6.07) is 6.58. The summed E-state index contributed by atoms with van der Waals surface area (Å²) in [6.45, 7) is 2.09. The Kier molecular flexibility index (Phi) is 2.95. The van der Waals surface area contributed by atoms with Crippen LogP contribution in [0.1, 0.15) is 24.8 Å². The molecule has 0 fully saturated rings. The Morgan fingerprint density at radius 1 is 1.33 bits per heavy atom. The van der Waals surface area contributed by atoms with Crippen LogP contribution in [0.25, 0.3) is 0 Å². The molecule has 1 aromatic carbocycles. The van der Waals surface area contributed by atoms with E-state index < -0.39 is 0 Å². The van der Waals surface area contributed by atoms with E-state index in [2.05, 4.69) is 30.5 Å². The van der Waals surface area contributed by atoms with Gasteiger partial charge in [-0.05, 0) is 37.8 Å². The molecule has 1 aliphatic rings. The fourth-order valence-electron chi connectivity index (χ4n) is 2.02. The molecule has 15 heavy (non-hydrogen) atoms. The lowest BCUT2D eigenvalue weighted by Gasteiger charge is -2.22. The minimum absolute atomic E-state index is 0.540. The number of benzene rings is 1. The number of aryl methyl sites for hydroxylation is 1. The van der Waals surface area contributed by atoms with Crippen molar-refractivity contribution in [3.8, 4) is 0 Å². The number of nitrogens with two attached hydrogens (primary N) is 1. The quantitative estimate of drug-likeness (QED) is 0.571. The molecule has 0 aromatic heterocycles. The molecule has 1 aliphatic carbocycles. The monoisotopic (exact) mass is 202 g/mol. The Labute approximate surface area is 91.2 Å². The van der Waals surface area contributed by atoms with E-state index in [0.717, 1.165) is 17.8 Å². The second-order valence-electron chi connectivity index (χ2n) is 4.16. The summed E-state index contributed by atoms with van der Waals surface area (Å²) in [5.74, 6) is 0. The van der Waals surface area contributed by atoms with Crippen LogP contribution in [0.2, 0.25) is 0 Å². The second kappa shape index (κ2) is 4.39. The van der Waals surface area contributed by atoms with E-state index in [9.17, 15) is 0 Å². The van der Waals surface area contributed by atoms with E-state index in [0.29, 0.717) is 6.04 Å². The standard InChI is InChI=1S/C13H18N2/c1-10-6-5-9-12(14)13(10)15-11-7-3-2-4-8-11/h2-3,5-6,9,11,15H,4,7-8,14H2,1H3. The highest BCUT2D eigenvalue weighted by Crippen LogP contribution is 2.25. The lowest BCUT2D eigenvalue weighted by Crippen LogP contribution is -2.21. The molecular formula is C13H18N2. The van der Waals surface area contributed by atoms with Gasteiger partial charge < -0.3 is 11.1 Å². The van der Waals surface area contributed by atoms with Crippen LogP contribution < -0.4 is 11.1 Å². The zero-order valence-corrected chi connectivity index (χ0v) is 9.16. The third kappa shape index (κ3) is 2.32. The smallest absolute Gasteiger partial charge is 0.0605 e. The molecule has 2 heteroatoms. The average Bonchev–Trinajstić information content (AvgIpc) is 2.25. The number of para-hydroxylation sites is 1. The van der Waals surface area contributed by atoms with Crippen molar-refractivity contribution >= 4 is 11.4 Å². The summed E-state index contributed by atoms with van der Waals surface area (Å²) in [5.41, 5.74) is 9.14. The van der Waals surface area contributed by atoms with Gasteiger partial charge in [-0.15, -0.1) is 0 Å². The van der Waals surface area contributed by atoms with Crippen LogP contribution in [0.15, 0.2) is 30.4 Å². The predicted octanol–water partition coefficient (Wildman–Crippen LogP) is 3.10. The van der Waals surface area contributed by atoms with Crippen LogP contribution >= 0.6 is 0 Å². The van der Waals surface area contributed by atoms with E-state index in [-0.39, 0.29) is 0 Å². The Balaban J connectivity index is 2.13. The second-order valence-corrected chi connectivity index (χ2v) is 4.16. The number of hydrogen-bond donors (Lipinski definition) is 2. The Morgan fingerprint density at radius 3 is 2.87 bits per heavy atom. The maximum absolute atomic E-state index is 5.96. The topological polar surface area (TPSA) is 38.0 Å². The number of rotatable bonds is 2. The zero-order chi connectivity index (χ0) is 10.7. The maximum atomic E-state index is 5.96. The number of hydrogen-bond acceptors (Lipinski definition) is 2. The fraction of sp³-hybridized carbons (Fsp3) is 0.385. The molecule has 2 nitrogen and oxygen atoms in total. The van der Waals surface area contributed by atoms with Gasteiger partial charge in [0, 0.05) is 6.04 Å². The summed E-state index contributed by atoms with van der Waals surface area (Å²) in [5, 5.41) is 3.54. The first-order chi connectivity index (χ1) is 7.27. The van der Waals surface area contributed by atoms with E-state index >= 15 is 0 Å². The van der Waals surface area contributed by atoms with Crippen molar-refractivity contribution in [3.05, 3.63) is 35.9 Å². The van der Waals surface area contributed by atoms with Crippen molar-refractivity contribution in [3.63, 3.8) is 0 Å². The van der Waals surface area contributed by atoms with Gasteiger partial charge in [0.25, 0.3) is 0 Å². The van der Waals surface area contributed by atoms with Crippen molar-refractivity contribution in [1.82, 2.24) is 0 Å². The van der Waals surface area contributed by atoms with Crippen LogP contribution in [-0.4, -0.2) is 6.04 Å². The van der Waals surface area contributed by atoms with Crippen molar-refractivity contribution in [2.24, 2.45) is 0 Å². The van der Waals surface area contributed by atoms with Gasteiger partial charge in [0.2, 0.25) is 0 Å². The molecule has 1 atom stereocenters. The van der Waals surface area contributed by atoms with Gasteiger partial charge in [0.1, 0.15) is 0 Å². The third-order valence-electron chi connectivity index (χ3n) is 2.92. The largest absolute Gasteiger partial charge is 0.397 e. The molecule has 1 aromatic rings. The summed E-state index contributed by atoms with van der Waals surface area (Å²) in [6.07, 6.45) is 7.97. The molecule has 2 rings (SSSR count). The summed E-state index contributed by atoms with van der Waals surface area (Å²) in [4.78, 5) is 0. The molecule has 0 heterocycles. The minimum Gasteiger partial charge on any atom is -0.397 e. The highest BCUT2D eigenvalue weighted by Gasteiger charge is 2.11. The zero-order valence-electron chi connectivity index (χ0n) is 9.16. The van der Waals surface area contributed by atoms with Gasteiger partial charge >= 0.3 is 0 Å². The van der Waals surface area contributed by atoms with E-state index in [1.54, 1.807) is 0 Å². The Morgan fingerprint density at radius 2 is 2.20 bits per heavy atom. The lowest BCUT2D eigenvalue weighted by atomic mass is 10.0. The summed E-state index contributed by atoms with van der Waals surface area (Å²) in [7, 11) is 0. The first kappa shape index (κ1) is 10.1. The SMILES string of the molecule is Cc1cccc(N)c1NC1CC=CCC1. The first-order valence-corrected chi connectivity index (χ1v) is 5.54. The van der Waals surface area contributed by atoms with Crippen LogP contribution in [0.4, 0.5) is 11.4 Å². The van der Waals surface area contributed by atoms with Crippen LogP contribution in [0.5, 0.6) is 0 Å². The molecular weight excluding hydrogens is 184 g/mol. The molecule has 1 unspecified atom stereocenters. The van der Waals surface area contributed by atoms with Crippen molar-refractivity contribution in [2.45, 2.75) is 32.2 Å². The Bertz CT molecular complexity index is 349. The predicted molar refractivity (Wildman–Crippen MR) is 66.0 cm³/mol. The van der Waals surface area contributed by atoms with Gasteiger partial charge in [-0.3, -0.25) is 0 Å². The highest BCUT2D eigenvalue weighted by atomic mass is 14.9. The highest BCUT2D eigenvalue weighted by molar-refractivity contribution is 5.70. The number of allylic oxidation sites excluding steroid dienone is 1. The molecule has 0 radical (unpaired) electrons. The maximum Gasteiger partial charge on any atom is 0.0605 e. The molecule has 0 bridgehead atoms. The van der Waals surface area contributed by atoms with Crippen LogP contribution in [0, 0.1) is 6.92 Å². The minimum atomic E-state index is 0.540. The van der Waals surface area contributed by atoms with E-state index in [4.69, 9.17) is 5.73 Å². The molecule has 0 saturated carbocycles. The molecule has 3 N–H and O–H groups in total. The number of nitrogens with one attached hydrogen (secondary N) is 1. The fourth-order valence-corrected chi connectivity index (χ4v) is 2.02. The van der Waals surface area contributed by atoms with Crippen molar-refractivity contribution in [1.29, 1.82) is 0 Å².